The van der Waals surface area contributed by atoms with Crippen LogP contribution in [0.25, 0.3) is 0 Å². The van der Waals surface area contributed by atoms with Crippen LogP contribution in [0, 0.1) is 0 Å². The van der Waals surface area contributed by atoms with Gasteiger partial charge in [-0.15, -0.1) is 0 Å². The molecule has 3 aromatic rings. The van der Waals surface area contributed by atoms with Crippen molar-refractivity contribution in [1.29, 1.82) is 0 Å². The first-order chi connectivity index (χ1) is 15.9. The lowest BCUT2D eigenvalue weighted by molar-refractivity contribution is 0.0730. The molecule has 0 N–H and O–H groups in total. The summed E-state index contributed by atoms with van der Waals surface area (Å²) in [5.41, 5.74) is 2.56. The third kappa shape index (κ3) is 5.52. The third-order valence-electron chi connectivity index (χ3n) is 6.34. The molecule has 3 aromatic carbocycles. The minimum Gasteiger partial charge on any atom is -0.330 e. The van der Waals surface area contributed by atoms with E-state index in [1.165, 1.54) is 4.31 Å². The molecule has 0 bridgehead atoms. The highest BCUT2D eigenvalue weighted by atomic mass is 32.2. The monoisotopic (exact) mass is 462 g/mol. The highest BCUT2D eigenvalue weighted by molar-refractivity contribution is 7.89. The molecular formula is C27H30N2O3S. The van der Waals surface area contributed by atoms with Crippen molar-refractivity contribution in [1.82, 2.24) is 9.21 Å². The van der Waals surface area contributed by atoms with Crippen molar-refractivity contribution in [3.05, 3.63) is 102 Å². The fourth-order valence-electron chi connectivity index (χ4n) is 4.39. The summed E-state index contributed by atoms with van der Waals surface area (Å²) in [6, 6.07) is 26.2. The molecule has 1 fully saturated rings. The Morgan fingerprint density at radius 3 is 1.76 bits per heavy atom. The quantitative estimate of drug-likeness (QED) is 0.468. The van der Waals surface area contributed by atoms with Gasteiger partial charge in [-0.1, -0.05) is 73.5 Å². The van der Waals surface area contributed by atoms with Crippen molar-refractivity contribution in [3.63, 3.8) is 0 Å². The standard InChI is InChI=1S/C27H30N2O3S/c1-28(25-14-8-9-15-25)33(31,32)26-18-16-24(17-19-26)27(30)29(20-22-10-4-2-5-11-22)21-23-12-6-3-7-13-23/h2-7,10-13,16-19,25H,8-9,14-15,20-21H2,1H3. The van der Waals surface area contributed by atoms with Crippen LogP contribution in [0.3, 0.4) is 0 Å². The van der Waals surface area contributed by atoms with Crippen LogP contribution in [0.2, 0.25) is 0 Å². The molecule has 1 aliphatic carbocycles. The Kier molecular flexibility index (Phi) is 7.26. The molecule has 33 heavy (non-hydrogen) atoms. The number of sulfonamides is 1. The molecule has 0 heterocycles. The third-order valence-corrected chi connectivity index (χ3v) is 8.26. The minimum absolute atomic E-state index is 0.0588. The zero-order chi connectivity index (χ0) is 23.3. The summed E-state index contributed by atoms with van der Waals surface area (Å²) >= 11 is 0. The number of nitrogens with zero attached hydrogens (tertiary/aromatic N) is 2. The van der Waals surface area contributed by atoms with Crippen LogP contribution in [0.5, 0.6) is 0 Å². The molecule has 172 valence electrons. The van der Waals surface area contributed by atoms with Gasteiger partial charge in [-0.05, 0) is 48.2 Å². The van der Waals surface area contributed by atoms with Crippen LogP contribution in [0.4, 0.5) is 0 Å². The Balaban J connectivity index is 1.55. The average molecular weight is 463 g/mol. The van der Waals surface area contributed by atoms with Crippen LogP contribution in [0.1, 0.15) is 47.2 Å². The van der Waals surface area contributed by atoms with E-state index < -0.39 is 10.0 Å². The lowest BCUT2D eigenvalue weighted by Gasteiger charge is -2.25. The van der Waals surface area contributed by atoms with Gasteiger partial charge in [0.2, 0.25) is 10.0 Å². The Morgan fingerprint density at radius 1 is 0.788 bits per heavy atom. The van der Waals surface area contributed by atoms with E-state index in [-0.39, 0.29) is 16.8 Å². The molecule has 0 spiro atoms. The lowest BCUT2D eigenvalue weighted by atomic mass is 10.1. The molecule has 5 nitrogen and oxygen atoms in total. The van der Waals surface area contributed by atoms with E-state index in [4.69, 9.17) is 0 Å². The van der Waals surface area contributed by atoms with Crippen molar-refractivity contribution in [2.45, 2.75) is 49.7 Å². The van der Waals surface area contributed by atoms with Crippen LogP contribution in [-0.4, -0.2) is 36.6 Å². The zero-order valence-corrected chi connectivity index (χ0v) is 19.7. The first kappa shape index (κ1) is 23.2. The topological polar surface area (TPSA) is 57.7 Å². The molecule has 0 aliphatic heterocycles. The second kappa shape index (κ2) is 10.3. The van der Waals surface area contributed by atoms with Gasteiger partial charge < -0.3 is 4.90 Å². The van der Waals surface area contributed by atoms with Gasteiger partial charge in [0.1, 0.15) is 0 Å². The maximum Gasteiger partial charge on any atom is 0.254 e. The normalized spacial score (nSPS) is 14.5. The molecule has 0 atom stereocenters. The second-order valence-corrected chi connectivity index (χ2v) is 10.6. The predicted molar refractivity (Wildman–Crippen MR) is 130 cm³/mol. The van der Waals surface area contributed by atoms with E-state index in [2.05, 4.69) is 0 Å². The van der Waals surface area contributed by atoms with Gasteiger partial charge in [0.05, 0.1) is 4.90 Å². The average Bonchev–Trinajstić information content (AvgIpc) is 3.39. The summed E-state index contributed by atoms with van der Waals surface area (Å²) in [5, 5.41) is 0. The number of hydrogen-bond acceptors (Lipinski definition) is 3. The molecular weight excluding hydrogens is 432 g/mol. The minimum atomic E-state index is -3.57. The van der Waals surface area contributed by atoms with E-state index >= 15 is 0 Å². The number of carbonyl (C=O) groups excluding carboxylic acids is 1. The molecule has 0 radical (unpaired) electrons. The summed E-state index contributed by atoms with van der Waals surface area (Å²) in [4.78, 5) is 15.4. The zero-order valence-electron chi connectivity index (χ0n) is 18.9. The maximum absolute atomic E-state index is 13.4. The van der Waals surface area contributed by atoms with Crippen LogP contribution >= 0.6 is 0 Å². The van der Waals surface area contributed by atoms with Crippen molar-refractivity contribution >= 4 is 15.9 Å². The Morgan fingerprint density at radius 2 is 1.27 bits per heavy atom. The number of carbonyl (C=O) groups is 1. The summed E-state index contributed by atoms with van der Waals surface area (Å²) < 4.78 is 27.6. The fraction of sp³-hybridized carbons (Fsp3) is 0.296. The predicted octanol–water partition coefficient (Wildman–Crippen LogP) is 5.09. The van der Waals surface area contributed by atoms with E-state index in [1.54, 1.807) is 36.2 Å². The van der Waals surface area contributed by atoms with Gasteiger partial charge in [-0.25, -0.2) is 8.42 Å². The molecule has 1 saturated carbocycles. The first-order valence-corrected chi connectivity index (χ1v) is 12.8. The van der Waals surface area contributed by atoms with E-state index in [0.29, 0.717) is 18.7 Å². The summed E-state index contributed by atoms with van der Waals surface area (Å²) in [6.45, 7) is 0.943. The van der Waals surface area contributed by atoms with Crippen molar-refractivity contribution in [3.8, 4) is 0 Å². The number of benzene rings is 3. The van der Waals surface area contributed by atoms with E-state index in [1.807, 2.05) is 60.7 Å². The van der Waals surface area contributed by atoms with Gasteiger partial charge in [0.15, 0.2) is 0 Å². The molecule has 4 rings (SSSR count). The number of hydrogen-bond donors (Lipinski definition) is 0. The molecule has 0 aromatic heterocycles. The maximum atomic E-state index is 13.4. The highest BCUT2D eigenvalue weighted by Crippen LogP contribution is 2.27. The molecule has 6 heteroatoms. The number of amides is 1. The van der Waals surface area contributed by atoms with Crippen LogP contribution in [0.15, 0.2) is 89.8 Å². The lowest BCUT2D eigenvalue weighted by Crippen LogP contribution is -2.35. The van der Waals surface area contributed by atoms with Gasteiger partial charge in [0.25, 0.3) is 5.91 Å². The Bertz CT molecular complexity index is 1120. The van der Waals surface area contributed by atoms with Gasteiger partial charge in [-0.2, -0.15) is 4.31 Å². The summed E-state index contributed by atoms with van der Waals surface area (Å²) in [5.74, 6) is -0.129. The molecule has 0 saturated heterocycles. The Labute approximate surface area is 196 Å². The largest absolute Gasteiger partial charge is 0.330 e. The van der Waals surface area contributed by atoms with Gasteiger partial charge in [0, 0.05) is 31.7 Å². The second-order valence-electron chi connectivity index (χ2n) is 8.62. The van der Waals surface area contributed by atoms with Gasteiger partial charge >= 0.3 is 0 Å². The van der Waals surface area contributed by atoms with Crippen molar-refractivity contribution in [2.75, 3.05) is 7.05 Å². The number of rotatable bonds is 8. The molecule has 1 aliphatic rings. The van der Waals surface area contributed by atoms with E-state index in [0.717, 1.165) is 36.8 Å². The van der Waals surface area contributed by atoms with Crippen LogP contribution < -0.4 is 0 Å². The highest BCUT2D eigenvalue weighted by Gasteiger charge is 2.30. The van der Waals surface area contributed by atoms with Crippen molar-refractivity contribution < 1.29 is 13.2 Å². The SMILES string of the molecule is CN(C1CCCC1)S(=O)(=O)c1ccc(C(=O)N(Cc2ccccc2)Cc2ccccc2)cc1. The van der Waals surface area contributed by atoms with Gasteiger partial charge in [-0.3, -0.25) is 4.79 Å². The first-order valence-electron chi connectivity index (χ1n) is 11.4. The smallest absolute Gasteiger partial charge is 0.254 e. The summed E-state index contributed by atoms with van der Waals surface area (Å²) in [7, 11) is -1.92. The van der Waals surface area contributed by atoms with E-state index in [9.17, 15) is 13.2 Å². The molecule has 0 unspecified atom stereocenters. The summed E-state index contributed by atoms with van der Waals surface area (Å²) in [6.07, 6.45) is 3.94. The van der Waals surface area contributed by atoms with Crippen molar-refractivity contribution in [2.24, 2.45) is 0 Å². The Hall–Kier alpha value is -2.96. The molecule has 1 amide bonds. The van der Waals surface area contributed by atoms with Crippen LogP contribution in [-0.2, 0) is 23.1 Å². The fourth-order valence-corrected chi connectivity index (χ4v) is 5.81.